The van der Waals surface area contributed by atoms with Crippen molar-refractivity contribution >= 4 is 22.6 Å². The van der Waals surface area contributed by atoms with Gasteiger partial charge >= 0.3 is 0 Å². The van der Waals surface area contributed by atoms with E-state index in [1.807, 2.05) is 0 Å². The maximum absolute atomic E-state index is 3.40. The lowest BCUT2D eigenvalue weighted by atomic mass is 10.1. The third-order valence-corrected chi connectivity index (χ3v) is 2.27. The lowest BCUT2D eigenvalue weighted by Crippen LogP contribution is -2.17. The summed E-state index contributed by atoms with van der Waals surface area (Å²) in [5.74, 6) is 0. The van der Waals surface area contributed by atoms with Gasteiger partial charge in [-0.15, -0.1) is 0 Å². The molecule has 0 unspecified atom stereocenters. The fraction of sp³-hybridized carbons (Fsp3) is 1.00. The lowest BCUT2D eigenvalue weighted by Gasteiger charge is -2.01. The van der Waals surface area contributed by atoms with E-state index in [0.29, 0.717) is 0 Å². The van der Waals surface area contributed by atoms with E-state index >= 15 is 0 Å². The van der Waals surface area contributed by atoms with Gasteiger partial charge in [0.25, 0.3) is 0 Å². The summed E-state index contributed by atoms with van der Waals surface area (Å²) in [5.41, 5.74) is 0. The average Bonchev–Trinajstić information content (AvgIpc) is 2.03. The van der Waals surface area contributed by atoms with Crippen molar-refractivity contribution in [3.05, 3.63) is 0 Å². The van der Waals surface area contributed by atoms with Gasteiger partial charge in [-0.05, 0) is 13.0 Å². The highest BCUT2D eigenvalue weighted by atomic mass is 127. The van der Waals surface area contributed by atoms with Gasteiger partial charge in [-0.3, -0.25) is 0 Å². The summed E-state index contributed by atoms with van der Waals surface area (Å²) in [6.45, 7) is 4.65. The monoisotopic (exact) mass is 269 g/mol. The minimum Gasteiger partial charge on any atom is -0.316 e. The zero-order valence-corrected chi connectivity index (χ0v) is 9.69. The first-order valence-corrected chi connectivity index (χ1v) is 6.21. The molecule has 0 saturated heterocycles. The molecule has 0 aromatic heterocycles. The Bertz CT molecular complexity index is 58.6. The van der Waals surface area contributed by atoms with Crippen molar-refractivity contribution in [2.75, 3.05) is 17.5 Å². The molecular weight excluding hydrogens is 249 g/mol. The molecule has 0 aromatic rings. The molecule has 0 bridgehead atoms. The zero-order valence-electron chi connectivity index (χ0n) is 7.53. The molecule has 1 N–H and O–H groups in total. The van der Waals surface area contributed by atoms with Crippen LogP contribution in [0.4, 0.5) is 0 Å². The Labute approximate surface area is 84.5 Å². The van der Waals surface area contributed by atoms with Crippen LogP contribution in [0, 0.1) is 0 Å². The number of rotatable bonds is 8. The van der Waals surface area contributed by atoms with Crippen LogP contribution in [0.3, 0.4) is 0 Å². The number of alkyl halides is 1. The van der Waals surface area contributed by atoms with Crippen LogP contribution in [0.2, 0.25) is 0 Å². The second-order valence-electron chi connectivity index (χ2n) is 2.85. The van der Waals surface area contributed by atoms with E-state index in [1.165, 1.54) is 49.6 Å². The summed E-state index contributed by atoms with van der Waals surface area (Å²) in [6.07, 6.45) is 6.94. The SMILES string of the molecule is CCCCCCCNCCI. The van der Waals surface area contributed by atoms with Crippen LogP contribution in [0.5, 0.6) is 0 Å². The average molecular weight is 269 g/mol. The Morgan fingerprint density at radius 2 is 1.73 bits per heavy atom. The summed E-state index contributed by atoms with van der Waals surface area (Å²) < 4.78 is 1.23. The van der Waals surface area contributed by atoms with Gasteiger partial charge in [0.05, 0.1) is 0 Å². The van der Waals surface area contributed by atoms with Crippen LogP contribution in [-0.4, -0.2) is 17.5 Å². The number of unbranched alkanes of at least 4 members (excludes halogenated alkanes) is 4. The Balaban J connectivity index is 2.69. The highest BCUT2D eigenvalue weighted by molar-refractivity contribution is 14.1. The van der Waals surface area contributed by atoms with Gasteiger partial charge in [0.1, 0.15) is 0 Å². The molecule has 0 fully saturated rings. The van der Waals surface area contributed by atoms with Crippen LogP contribution in [0.15, 0.2) is 0 Å². The topological polar surface area (TPSA) is 12.0 Å². The normalized spacial score (nSPS) is 10.4. The second-order valence-corrected chi connectivity index (χ2v) is 3.93. The van der Waals surface area contributed by atoms with Gasteiger partial charge in [0.2, 0.25) is 0 Å². The molecular formula is C9H20IN. The summed E-state index contributed by atoms with van der Waals surface area (Å²) >= 11 is 2.40. The first-order chi connectivity index (χ1) is 5.41. The number of halogens is 1. The molecule has 0 aliphatic heterocycles. The molecule has 11 heavy (non-hydrogen) atoms. The van der Waals surface area contributed by atoms with E-state index in [-0.39, 0.29) is 0 Å². The van der Waals surface area contributed by atoms with E-state index in [4.69, 9.17) is 0 Å². The molecule has 0 aromatic carbocycles. The summed E-state index contributed by atoms with van der Waals surface area (Å²) in [7, 11) is 0. The van der Waals surface area contributed by atoms with Crippen LogP contribution < -0.4 is 5.32 Å². The molecule has 0 amide bonds. The fourth-order valence-corrected chi connectivity index (χ4v) is 1.43. The molecule has 68 valence electrons. The Morgan fingerprint density at radius 3 is 2.36 bits per heavy atom. The van der Waals surface area contributed by atoms with Crippen molar-refractivity contribution in [3.8, 4) is 0 Å². The number of nitrogens with one attached hydrogen (secondary N) is 1. The summed E-state index contributed by atoms with van der Waals surface area (Å²) in [6, 6.07) is 0. The molecule has 1 nitrogen and oxygen atoms in total. The first kappa shape index (κ1) is 11.7. The predicted octanol–water partition coefficient (Wildman–Crippen LogP) is 2.98. The van der Waals surface area contributed by atoms with Crippen LogP contribution in [0.1, 0.15) is 39.0 Å². The minimum atomic E-state index is 1.17. The van der Waals surface area contributed by atoms with Gasteiger partial charge in [-0.2, -0.15) is 0 Å². The van der Waals surface area contributed by atoms with Crippen molar-refractivity contribution < 1.29 is 0 Å². The molecule has 0 aliphatic carbocycles. The van der Waals surface area contributed by atoms with E-state index in [9.17, 15) is 0 Å². The van der Waals surface area contributed by atoms with Crippen molar-refractivity contribution in [2.45, 2.75) is 39.0 Å². The highest BCUT2D eigenvalue weighted by Crippen LogP contribution is 2.00. The van der Waals surface area contributed by atoms with Crippen molar-refractivity contribution in [2.24, 2.45) is 0 Å². The quantitative estimate of drug-likeness (QED) is 0.406. The first-order valence-electron chi connectivity index (χ1n) is 4.68. The molecule has 0 spiro atoms. The largest absolute Gasteiger partial charge is 0.316 e. The van der Waals surface area contributed by atoms with Crippen LogP contribution in [-0.2, 0) is 0 Å². The van der Waals surface area contributed by atoms with E-state index in [1.54, 1.807) is 0 Å². The maximum Gasteiger partial charge on any atom is 0.0121 e. The van der Waals surface area contributed by atoms with Gasteiger partial charge in [0.15, 0.2) is 0 Å². The van der Waals surface area contributed by atoms with E-state index in [2.05, 4.69) is 34.8 Å². The van der Waals surface area contributed by atoms with Crippen molar-refractivity contribution in [1.82, 2.24) is 5.32 Å². The zero-order chi connectivity index (χ0) is 8.36. The fourth-order valence-electron chi connectivity index (χ4n) is 1.05. The third kappa shape index (κ3) is 10.7. The van der Waals surface area contributed by atoms with E-state index in [0.717, 1.165) is 0 Å². The van der Waals surface area contributed by atoms with Gasteiger partial charge in [-0.25, -0.2) is 0 Å². The second kappa shape index (κ2) is 10.7. The predicted molar refractivity (Wildman–Crippen MR) is 60.5 cm³/mol. The molecule has 2 heteroatoms. The van der Waals surface area contributed by atoms with Crippen molar-refractivity contribution in [1.29, 1.82) is 0 Å². The van der Waals surface area contributed by atoms with E-state index < -0.39 is 0 Å². The van der Waals surface area contributed by atoms with Gasteiger partial charge in [-0.1, -0.05) is 55.2 Å². The smallest absolute Gasteiger partial charge is 0.0121 e. The Morgan fingerprint density at radius 1 is 1.00 bits per heavy atom. The molecule has 0 aliphatic rings. The molecule has 0 rings (SSSR count). The molecule has 0 heterocycles. The lowest BCUT2D eigenvalue weighted by molar-refractivity contribution is 0.596. The van der Waals surface area contributed by atoms with Gasteiger partial charge in [0, 0.05) is 11.0 Å². The number of hydrogen-bond acceptors (Lipinski definition) is 1. The Hall–Kier alpha value is 0.690. The molecule has 0 atom stereocenters. The molecule has 0 radical (unpaired) electrons. The summed E-state index contributed by atoms with van der Waals surface area (Å²) in [4.78, 5) is 0. The third-order valence-electron chi connectivity index (χ3n) is 1.73. The van der Waals surface area contributed by atoms with Crippen molar-refractivity contribution in [3.63, 3.8) is 0 Å². The van der Waals surface area contributed by atoms with Gasteiger partial charge < -0.3 is 5.32 Å². The van der Waals surface area contributed by atoms with Crippen LogP contribution >= 0.6 is 22.6 Å². The number of hydrogen-bond donors (Lipinski definition) is 1. The molecule has 0 saturated carbocycles. The maximum atomic E-state index is 3.40. The minimum absolute atomic E-state index is 1.17. The van der Waals surface area contributed by atoms with Crippen LogP contribution in [0.25, 0.3) is 0 Å². The highest BCUT2D eigenvalue weighted by Gasteiger charge is 1.87. The standard InChI is InChI=1S/C9H20IN/c1-2-3-4-5-6-8-11-9-7-10/h11H,2-9H2,1H3. The Kier molecular flexibility index (Phi) is 11.4. The summed E-state index contributed by atoms with van der Waals surface area (Å²) in [5, 5.41) is 3.40.